The second kappa shape index (κ2) is 11.2. The van der Waals surface area contributed by atoms with E-state index in [0.717, 1.165) is 22.7 Å². The van der Waals surface area contributed by atoms with Crippen molar-refractivity contribution in [2.24, 2.45) is 0 Å². The van der Waals surface area contributed by atoms with Crippen molar-refractivity contribution < 1.29 is 0 Å². The lowest BCUT2D eigenvalue weighted by Crippen LogP contribution is -2.11. The first-order valence-electron chi connectivity index (χ1n) is 16.7. The molecule has 0 saturated heterocycles. The fourth-order valence-corrected chi connectivity index (χ4v) is 8.71. The maximum Gasteiger partial charge on any atom is 0.0562 e. The average Bonchev–Trinajstić information content (AvgIpc) is 3.70. The monoisotopic (exact) mass is 642 g/mol. The molecule has 0 aliphatic carbocycles. The van der Waals surface area contributed by atoms with Crippen LogP contribution in [0, 0.1) is 0 Å². The van der Waals surface area contributed by atoms with Gasteiger partial charge in [-0.25, -0.2) is 0 Å². The van der Waals surface area contributed by atoms with E-state index in [1.54, 1.807) is 0 Å². The lowest BCUT2D eigenvalue weighted by Gasteiger charge is -2.29. The van der Waals surface area contributed by atoms with E-state index in [-0.39, 0.29) is 0 Å². The van der Waals surface area contributed by atoms with E-state index < -0.39 is 0 Å². The fraction of sp³-hybridized carbons (Fsp3) is 0. The molecule has 0 saturated carbocycles. The average molecular weight is 643 g/mol. The topological polar surface area (TPSA) is 8.17 Å². The number of hydrogen-bond acceptors (Lipinski definition) is 2. The molecule has 2 heterocycles. The van der Waals surface area contributed by atoms with Crippen molar-refractivity contribution in [2.45, 2.75) is 0 Å². The molecular weight excluding hydrogens is 613 g/mol. The molecular formula is C46H30N2S. The molecule has 10 rings (SSSR count). The number of benzene rings is 8. The van der Waals surface area contributed by atoms with Crippen LogP contribution in [0.2, 0.25) is 0 Å². The predicted octanol–water partition coefficient (Wildman–Crippen LogP) is 13.4. The standard InChI is InChI=1S/C46H30N2S/c1-3-14-31(15-4-1)36-18-7-10-21-40(36)48(35-27-26-32-29-39-37-19-9-12-25-44(37)49-45(39)30-33(32)28-35)43-24-13-23-42-46(43)38-20-8-11-22-41(38)47(42)34-16-5-2-6-17-34/h1-30H. The summed E-state index contributed by atoms with van der Waals surface area (Å²) in [6.45, 7) is 0. The van der Waals surface area contributed by atoms with Gasteiger partial charge in [0.05, 0.1) is 22.4 Å². The Morgan fingerprint density at radius 2 is 1.12 bits per heavy atom. The molecule has 3 heteroatoms. The van der Waals surface area contributed by atoms with Gasteiger partial charge in [0.25, 0.3) is 0 Å². The highest BCUT2D eigenvalue weighted by atomic mass is 32.1. The third-order valence-electron chi connectivity index (χ3n) is 9.74. The fourth-order valence-electron chi connectivity index (χ4n) is 7.58. The van der Waals surface area contributed by atoms with Crippen molar-refractivity contribution in [2.75, 3.05) is 4.90 Å². The number of para-hydroxylation sites is 3. The van der Waals surface area contributed by atoms with Crippen LogP contribution in [0.25, 0.3) is 69.6 Å². The summed E-state index contributed by atoms with van der Waals surface area (Å²) in [5, 5.41) is 7.59. The molecule has 2 nitrogen and oxygen atoms in total. The molecule has 0 N–H and O–H groups in total. The Labute approximate surface area is 288 Å². The first-order valence-corrected chi connectivity index (χ1v) is 17.5. The molecule has 230 valence electrons. The molecule has 49 heavy (non-hydrogen) atoms. The Morgan fingerprint density at radius 3 is 2.00 bits per heavy atom. The lowest BCUT2D eigenvalue weighted by atomic mass is 10.00. The number of aromatic nitrogens is 1. The van der Waals surface area contributed by atoms with Crippen LogP contribution in [0.1, 0.15) is 0 Å². The Hall–Kier alpha value is -6.16. The van der Waals surface area contributed by atoms with E-state index in [0.29, 0.717) is 0 Å². The molecule has 0 unspecified atom stereocenters. The summed E-state index contributed by atoms with van der Waals surface area (Å²) in [6.07, 6.45) is 0. The second-order valence-electron chi connectivity index (χ2n) is 12.6. The number of anilines is 3. The molecule has 8 aromatic carbocycles. The quantitative estimate of drug-likeness (QED) is 0.181. The number of fused-ring (bicyclic) bond motifs is 7. The van der Waals surface area contributed by atoms with Crippen LogP contribution in [0.4, 0.5) is 17.1 Å². The summed E-state index contributed by atoms with van der Waals surface area (Å²) in [4.78, 5) is 2.47. The van der Waals surface area contributed by atoms with Crippen molar-refractivity contribution in [3.63, 3.8) is 0 Å². The lowest BCUT2D eigenvalue weighted by molar-refractivity contribution is 1.18. The van der Waals surface area contributed by atoms with Gasteiger partial charge in [-0.1, -0.05) is 115 Å². The van der Waals surface area contributed by atoms with Gasteiger partial charge < -0.3 is 9.47 Å². The van der Waals surface area contributed by atoms with E-state index in [9.17, 15) is 0 Å². The first kappa shape index (κ1) is 27.9. The Bertz CT molecular complexity index is 2830. The zero-order valence-electron chi connectivity index (χ0n) is 26.6. The molecule has 0 spiro atoms. The highest BCUT2D eigenvalue weighted by Crippen LogP contribution is 2.47. The van der Waals surface area contributed by atoms with Crippen LogP contribution in [0.3, 0.4) is 0 Å². The highest BCUT2D eigenvalue weighted by molar-refractivity contribution is 7.25. The third kappa shape index (κ3) is 4.47. The molecule has 0 aliphatic rings. The maximum absolute atomic E-state index is 2.47. The van der Waals surface area contributed by atoms with E-state index >= 15 is 0 Å². The van der Waals surface area contributed by atoms with Crippen molar-refractivity contribution in [1.82, 2.24) is 4.57 Å². The van der Waals surface area contributed by atoms with Crippen LogP contribution in [-0.4, -0.2) is 4.57 Å². The van der Waals surface area contributed by atoms with Crippen molar-refractivity contribution in [3.8, 4) is 16.8 Å². The summed E-state index contributed by atoms with van der Waals surface area (Å²) >= 11 is 1.87. The maximum atomic E-state index is 2.47. The van der Waals surface area contributed by atoms with Crippen LogP contribution in [-0.2, 0) is 0 Å². The number of thiophene rings is 1. The molecule has 2 aromatic heterocycles. The molecule has 0 fully saturated rings. The van der Waals surface area contributed by atoms with Crippen molar-refractivity contribution >= 4 is 81.1 Å². The minimum atomic E-state index is 1.13. The smallest absolute Gasteiger partial charge is 0.0562 e. The first-order chi connectivity index (χ1) is 24.3. The summed E-state index contributed by atoms with van der Waals surface area (Å²) in [5.74, 6) is 0. The second-order valence-corrected chi connectivity index (χ2v) is 13.6. The van der Waals surface area contributed by atoms with Gasteiger partial charge in [0.15, 0.2) is 0 Å². The highest BCUT2D eigenvalue weighted by Gasteiger charge is 2.23. The Kier molecular flexibility index (Phi) is 6.39. The molecule has 0 atom stereocenters. The summed E-state index contributed by atoms with van der Waals surface area (Å²) in [5.41, 5.74) is 9.31. The van der Waals surface area contributed by atoms with Gasteiger partial charge in [-0.2, -0.15) is 0 Å². The molecule has 10 aromatic rings. The predicted molar refractivity (Wildman–Crippen MR) is 211 cm³/mol. The van der Waals surface area contributed by atoms with Crippen LogP contribution in [0.15, 0.2) is 182 Å². The van der Waals surface area contributed by atoms with E-state index in [1.807, 2.05) is 11.3 Å². The molecule has 0 amide bonds. The summed E-state index contributed by atoms with van der Waals surface area (Å²) < 4.78 is 5.04. The zero-order valence-corrected chi connectivity index (χ0v) is 27.4. The van der Waals surface area contributed by atoms with Crippen molar-refractivity contribution in [3.05, 3.63) is 182 Å². The third-order valence-corrected chi connectivity index (χ3v) is 10.9. The number of hydrogen-bond donors (Lipinski definition) is 0. The Balaban J connectivity index is 1.28. The van der Waals surface area contributed by atoms with E-state index in [2.05, 4.69) is 191 Å². The van der Waals surface area contributed by atoms with Crippen molar-refractivity contribution in [1.29, 1.82) is 0 Å². The van der Waals surface area contributed by atoms with Gasteiger partial charge in [0.1, 0.15) is 0 Å². The van der Waals surface area contributed by atoms with Gasteiger partial charge >= 0.3 is 0 Å². The van der Waals surface area contributed by atoms with Crippen LogP contribution < -0.4 is 4.90 Å². The van der Waals surface area contributed by atoms with Gasteiger partial charge in [-0.05, 0) is 83.1 Å². The summed E-state index contributed by atoms with van der Waals surface area (Å²) in [7, 11) is 0. The van der Waals surface area contributed by atoms with Crippen LogP contribution >= 0.6 is 11.3 Å². The number of rotatable bonds is 5. The Morgan fingerprint density at radius 1 is 0.429 bits per heavy atom. The zero-order chi connectivity index (χ0) is 32.3. The SMILES string of the molecule is c1ccc(-c2ccccc2N(c2ccc3cc4c(cc3c2)sc2ccccc24)c2cccc3c2c2ccccc2n3-c2ccccc2)cc1. The largest absolute Gasteiger partial charge is 0.309 e. The van der Waals surface area contributed by atoms with Gasteiger partial charge in [-0.15, -0.1) is 11.3 Å². The van der Waals surface area contributed by atoms with Gasteiger partial charge in [0.2, 0.25) is 0 Å². The normalized spacial score (nSPS) is 11.7. The van der Waals surface area contributed by atoms with E-state index in [1.165, 1.54) is 63.9 Å². The van der Waals surface area contributed by atoms with Gasteiger partial charge in [0, 0.05) is 47.9 Å². The summed E-state index contributed by atoms with van der Waals surface area (Å²) in [6, 6.07) is 66.2. The molecule has 0 aliphatic heterocycles. The number of nitrogens with zero attached hydrogens (tertiary/aromatic N) is 2. The minimum absolute atomic E-state index is 1.13. The van der Waals surface area contributed by atoms with Gasteiger partial charge in [-0.3, -0.25) is 0 Å². The van der Waals surface area contributed by atoms with E-state index in [4.69, 9.17) is 0 Å². The molecule has 0 radical (unpaired) electrons. The van der Waals surface area contributed by atoms with Crippen LogP contribution in [0.5, 0.6) is 0 Å². The molecule has 0 bridgehead atoms. The minimum Gasteiger partial charge on any atom is -0.309 e.